The Balaban J connectivity index is 1.61. The van der Waals surface area contributed by atoms with Crippen molar-refractivity contribution in [1.82, 2.24) is 21.4 Å². The van der Waals surface area contributed by atoms with Crippen LogP contribution in [0.3, 0.4) is 0 Å². The largest absolute Gasteiger partial charge is 0.481 e. The van der Waals surface area contributed by atoms with Crippen LogP contribution in [0.15, 0.2) is 4.99 Å². The summed E-state index contributed by atoms with van der Waals surface area (Å²) in [5, 5.41) is 18.5. The lowest BCUT2D eigenvalue weighted by Crippen LogP contribution is -2.65. The second-order valence-electron chi connectivity index (χ2n) is 13.9. The van der Waals surface area contributed by atoms with Gasteiger partial charge in [0.1, 0.15) is 6.04 Å². The molecule has 0 radical (unpaired) electrons. The van der Waals surface area contributed by atoms with Gasteiger partial charge in [0.2, 0.25) is 5.91 Å². The average molecular weight is 652 g/mol. The van der Waals surface area contributed by atoms with Gasteiger partial charge in [-0.25, -0.2) is 19.9 Å². The molecule has 16 heteroatoms. The van der Waals surface area contributed by atoms with Crippen molar-refractivity contribution in [1.29, 1.82) is 0 Å². The van der Waals surface area contributed by atoms with Crippen molar-refractivity contribution < 1.29 is 33.5 Å². The van der Waals surface area contributed by atoms with Crippen LogP contribution in [-0.4, -0.2) is 79.4 Å². The number of nitrogens with zero attached hydrogens (tertiary/aromatic N) is 2. The quantitative estimate of drug-likeness (QED) is 0.0278. The molecule has 46 heavy (non-hydrogen) atoms. The molecule has 3 aliphatic carbocycles. The molecule has 1 saturated heterocycles. The summed E-state index contributed by atoms with van der Waals surface area (Å²) in [6.07, 6.45) is 5.56. The number of nitro groups is 1. The molecular weight excluding hydrogens is 597 g/mol. The van der Waals surface area contributed by atoms with Gasteiger partial charge in [-0.2, -0.15) is 0 Å². The number of ether oxygens (including phenoxy) is 1. The molecule has 0 spiro atoms. The molecule has 3 amide bonds. The number of hydrogen-bond donors (Lipinski definition) is 5. The molecule has 6 atom stereocenters. The number of aliphatic imine (C=N–C) groups is 1. The smallest absolute Gasteiger partial charge is 0.466 e. The highest BCUT2D eigenvalue weighted by Gasteiger charge is 2.68. The van der Waals surface area contributed by atoms with E-state index in [9.17, 15) is 24.5 Å². The van der Waals surface area contributed by atoms with Crippen molar-refractivity contribution in [3.63, 3.8) is 0 Å². The van der Waals surface area contributed by atoms with Gasteiger partial charge in [-0.3, -0.25) is 9.59 Å². The number of hydrogen-bond acceptors (Lipinski definition) is 9. The van der Waals surface area contributed by atoms with Crippen molar-refractivity contribution in [2.24, 2.45) is 33.9 Å². The summed E-state index contributed by atoms with van der Waals surface area (Å²) >= 11 is 0. The molecule has 3 saturated carbocycles. The summed E-state index contributed by atoms with van der Waals surface area (Å²) < 4.78 is 18.1. The normalized spacial score (nSPS) is 25.9. The van der Waals surface area contributed by atoms with E-state index < -0.39 is 35.8 Å². The number of unbranched alkanes of at least 4 members (excludes halogenated alkanes) is 2. The maximum absolute atomic E-state index is 13.7. The molecule has 0 unspecified atom stereocenters. The van der Waals surface area contributed by atoms with Crippen molar-refractivity contribution in [2.75, 3.05) is 19.7 Å². The van der Waals surface area contributed by atoms with Crippen LogP contribution >= 0.6 is 0 Å². The number of nitrogens with two attached hydrogens (primary N) is 1. The minimum atomic E-state index is -0.913. The molecule has 2 bridgehead atoms. The van der Waals surface area contributed by atoms with Crippen LogP contribution in [0, 0.1) is 33.3 Å². The van der Waals surface area contributed by atoms with E-state index in [2.05, 4.69) is 55.6 Å². The van der Waals surface area contributed by atoms with Crippen LogP contribution in [0.2, 0.25) is 0 Å². The molecule has 6 N–H and O–H groups in total. The summed E-state index contributed by atoms with van der Waals surface area (Å²) in [5.41, 5.74) is 7.05. The van der Waals surface area contributed by atoms with Crippen LogP contribution in [0.5, 0.6) is 0 Å². The Morgan fingerprint density at radius 2 is 1.87 bits per heavy atom. The molecular formula is C30H54BN7O8. The molecule has 4 rings (SSSR count). The van der Waals surface area contributed by atoms with Crippen LogP contribution in [0.4, 0.5) is 4.79 Å². The van der Waals surface area contributed by atoms with Gasteiger partial charge in [0.05, 0.1) is 24.3 Å². The topological polar surface area (TPSA) is 209 Å². The third-order valence-corrected chi connectivity index (χ3v) is 9.76. The van der Waals surface area contributed by atoms with E-state index in [1.165, 1.54) is 0 Å². The van der Waals surface area contributed by atoms with Gasteiger partial charge >= 0.3 is 19.1 Å². The zero-order chi connectivity index (χ0) is 34.1. The first-order chi connectivity index (χ1) is 21.7. The minimum absolute atomic E-state index is 0.0334. The molecule has 4 fully saturated rings. The lowest BCUT2D eigenvalue weighted by Gasteiger charge is -2.64. The van der Waals surface area contributed by atoms with E-state index in [0.717, 1.165) is 19.3 Å². The lowest BCUT2D eigenvalue weighted by molar-refractivity contribution is -0.525. The number of rotatable bonds is 18. The number of carbonyl (C=O) groups is 3. The van der Waals surface area contributed by atoms with Crippen molar-refractivity contribution in [2.45, 2.75) is 123 Å². The molecule has 0 aromatic carbocycles. The van der Waals surface area contributed by atoms with Gasteiger partial charge in [-0.1, -0.05) is 39.5 Å². The highest BCUT2D eigenvalue weighted by molar-refractivity contribution is 6.48. The van der Waals surface area contributed by atoms with E-state index in [0.29, 0.717) is 57.1 Å². The number of hydrazine groups is 1. The number of urea groups is 1. The number of esters is 1. The molecule has 4 aliphatic rings. The van der Waals surface area contributed by atoms with Crippen LogP contribution in [0.25, 0.3) is 0 Å². The fraction of sp³-hybridized carbons (Fsp3) is 0.867. The summed E-state index contributed by atoms with van der Waals surface area (Å²) in [5.74, 6) is -0.179. The second-order valence-corrected chi connectivity index (χ2v) is 13.9. The monoisotopic (exact) mass is 651 g/mol. The highest BCUT2D eigenvalue weighted by atomic mass is 16.7. The predicted octanol–water partition coefficient (Wildman–Crippen LogP) is 2.45. The zero-order valence-electron chi connectivity index (χ0n) is 28.3. The Morgan fingerprint density at radius 3 is 2.52 bits per heavy atom. The number of carbonyl (C=O) groups excluding carboxylic acids is 3. The summed E-state index contributed by atoms with van der Waals surface area (Å²) in [6, 6.07) is -1.41. The second kappa shape index (κ2) is 16.6. The molecule has 15 nitrogen and oxygen atoms in total. The Hall–Kier alpha value is -3.14. The minimum Gasteiger partial charge on any atom is -0.466 e. The van der Waals surface area contributed by atoms with E-state index >= 15 is 0 Å². The first-order valence-corrected chi connectivity index (χ1v) is 16.7. The van der Waals surface area contributed by atoms with E-state index in [1.807, 2.05) is 0 Å². The van der Waals surface area contributed by atoms with Gasteiger partial charge in [-0.15, -0.1) is 0 Å². The van der Waals surface area contributed by atoms with Gasteiger partial charge < -0.3 is 35.7 Å². The van der Waals surface area contributed by atoms with Gasteiger partial charge in [0.15, 0.2) is 5.03 Å². The molecule has 1 aliphatic heterocycles. The Labute approximate surface area is 272 Å². The van der Waals surface area contributed by atoms with E-state index in [1.54, 1.807) is 12.3 Å². The average Bonchev–Trinajstić information content (AvgIpc) is 3.32. The fourth-order valence-corrected chi connectivity index (χ4v) is 7.21. The standard InChI is InChI=1S/C30H54BN7O8/c1-7-44-25(39)13-9-8-10-14-34-28(41)35-21(12-11-15-33-27(32)37-38(42)43)26(40)36-24(16-19(2)3)31-45-23-18-20-17-22(29(20,4)5)30(23,6)46-31/h19-24H,7-18H2,1-6H3,(H,36,40)(H3,32,33,37)(H2,34,35,41)/t20-,21+,22-,23-,24+,30+/m1/s1. The molecule has 1 heterocycles. The van der Waals surface area contributed by atoms with Gasteiger partial charge in [0, 0.05) is 19.5 Å². The highest BCUT2D eigenvalue weighted by Crippen LogP contribution is 2.65. The Bertz CT molecular complexity index is 1110. The molecule has 0 aromatic rings. The van der Waals surface area contributed by atoms with E-state index in [-0.39, 0.29) is 48.2 Å². The Kier molecular flexibility index (Phi) is 13.5. The van der Waals surface area contributed by atoms with Crippen LogP contribution in [0.1, 0.15) is 99.3 Å². The maximum atomic E-state index is 13.7. The lowest BCUT2D eigenvalue weighted by atomic mass is 9.43. The SMILES string of the molecule is CCOC(=O)CCCCCNC(=O)N[C@@H](CCCN=C(N)N[N+](=O)[O-])C(=O)N[C@@H](CC(C)C)B1O[C@@H]2C[C@H]3C[C@H](C3(C)C)[C@]2(C)O1. The van der Waals surface area contributed by atoms with Crippen molar-refractivity contribution in [3.05, 3.63) is 10.1 Å². The third kappa shape index (κ3) is 9.93. The summed E-state index contributed by atoms with van der Waals surface area (Å²) in [6.45, 7) is 13.5. The summed E-state index contributed by atoms with van der Waals surface area (Å²) in [4.78, 5) is 52.6. The zero-order valence-corrected chi connectivity index (χ0v) is 28.3. The maximum Gasteiger partial charge on any atom is 0.481 e. The van der Waals surface area contributed by atoms with Crippen molar-refractivity contribution in [3.8, 4) is 0 Å². The summed E-state index contributed by atoms with van der Waals surface area (Å²) in [7, 11) is -0.613. The number of nitrogens with one attached hydrogen (secondary N) is 4. The van der Waals surface area contributed by atoms with Crippen LogP contribution in [-0.2, 0) is 23.6 Å². The Morgan fingerprint density at radius 1 is 1.13 bits per heavy atom. The predicted molar refractivity (Wildman–Crippen MR) is 173 cm³/mol. The van der Waals surface area contributed by atoms with Crippen LogP contribution < -0.4 is 27.1 Å². The first-order valence-electron chi connectivity index (χ1n) is 16.7. The van der Waals surface area contributed by atoms with Gasteiger partial charge in [0.25, 0.3) is 5.96 Å². The van der Waals surface area contributed by atoms with E-state index in [4.69, 9.17) is 19.8 Å². The number of guanidine groups is 1. The van der Waals surface area contributed by atoms with Gasteiger partial charge in [-0.05, 0) is 82.0 Å². The third-order valence-electron chi connectivity index (χ3n) is 9.76. The molecule has 260 valence electrons. The van der Waals surface area contributed by atoms with Crippen molar-refractivity contribution >= 4 is 31.0 Å². The fourth-order valence-electron chi connectivity index (χ4n) is 7.21. The first kappa shape index (κ1) is 37.3. The molecule has 0 aromatic heterocycles. The number of amides is 3.